The summed E-state index contributed by atoms with van der Waals surface area (Å²) in [5.74, 6) is -0.392. The second-order valence-corrected chi connectivity index (χ2v) is 17.6. The maximum absolute atomic E-state index is 12.7. The van der Waals surface area contributed by atoms with Gasteiger partial charge in [-0.05, 0) is 51.4 Å². The SMILES string of the molecule is CCCCC/C=C\C/C=C\C/C=C\CCCCCCCCC(=O)OC(COCCCCCCCCCCCCCCCCCCCC)COP(=O)(O)OCC(O)CO. The van der Waals surface area contributed by atoms with Crippen molar-refractivity contribution in [3.8, 4) is 0 Å². The molecule has 0 heterocycles. The molecule has 0 saturated carbocycles. The molecule has 0 aromatic carbocycles. The normalized spacial score (nSPS) is 14.2. The zero-order chi connectivity index (χ0) is 42.5. The van der Waals surface area contributed by atoms with E-state index in [9.17, 15) is 19.4 Å². The summed E-state index contributed by atoms with van der Waals surface area (Å²) in [6, 6.07) is 0. The van der Waals surface area contributed by atoms with Crippen molar-refractivity contribution >= 4 is 13.8 Å². The summed E-state index contributed by atoms with van der Waals surface area (Å²) in [7, 11) is -4.52. The number of phosphoric ester groups is 1. The molecule has 10 heteroatoms. The number of hydrogen-bond donors (Lipinski definition) is 3. The minimum atomic E-state index is -4.52. The first-order chi connectivity index (χ1) is 28.3. The molecule has 0 aliphatic carbocycles. The van der Waals surface area contributed by atoms with Gasteiger partial charge in [-0.25, -0.2) is 4.57 Å². The summed E-state index contributed by atoms with van der Waals surface area (Å²) in [6.07, 6.45) is 49.6. The highest BCUT2D eigenvalue weighted by molar-refractivity contribution is 7.47. The van der Waals surface area contributed by atoms with Crippen molar-refractivity contribution < 1.29 is 43.0 Å². The number of unbranched alkanes of at least 4 members (excludes halogenated alkanes) is 26. The molecule has 0 aliphatic rings. The lowest BCUT2D eigenvalue weighted by Crippen LogP contribution is -2.29. The largest absolute Gasteiger partial charge is 0.472 e. The highest BCUT2D eigenvalue weighted by Crippen LogP contribution is 2.43. The van der Waals surface area contributed by atoms with E-state index < -0.39 is 39.2 Å². The summed E-state index contributed by atoms with van der Waals surface area (Å²) >= 11 is 0. The molecule has 3 unspecified atom stereocenters. The second kappa shape index (κ2) is 45.2. The van der Waals surface area contributed by atoms with Crippen LogP contribution in [0.15, 0.2) is 36.5 Å². The van der Waals surface area contributed by atoms with Gasteiger partial charge in [0.05, 0.1) is 26.4 Å². The Morgan fingerprint density at radius 2 is 0.931 bits per heavy atom. The minimum Gasteiger partial charge on any atom is -0.457 e. The van der Waals surface area contributed by atoms with Crippen molar-refractivity contribution in [2.24, 2.45) is 0 Å². The molecule has 0 bridgehead atoms. The summed E-state index contributed by atoms with van der Waals surface area (Å²) in [5, 5.41) is 18.4. The van der Waals surface area contributed by atoms with E-state index in [1.807, 2.05) is 0 Å². The van der Waals surface area contributed by atoms with Gasteiger partial charge in [-0.2, -0.15) is 0 Å². The fraction of sp³-hybridized carbons (Fsp3) is 0.854. The monoisotopic (exact) mass is 843 g/mol. The van der Waals surface area contributed by atoms with Crippen LogP contribution in [-0.4, -0.2) is 66.3 Å². The van der Waals surface area contributed by atoms with E-state index in [-0.39, 0.29) is 19.6 Å². The average molecular weight is 843 g/mol. The van der Waals surface area contributed by atoms with Crippen molar-refractivity contribution in [2.45, 2.75) is 232 Å². The lowest BCUT2D eigenvalue weighted by Gasteiger charge is -2.20. The number of aliphatic hydroxyl groups excluding tert-OH is 2. The van der Waals surface area contributed by atoms with Crippen molar-refractivity contribution in [3.63, 3.8) is 0 Å². The standard InChI is InChI=1S/C48H91O9P/c1-3-5-7-9-11-13-15-17-19-21-23-24-26-28-30-32-34-36-38-40-48(51)57-47(45-56-58(52,53)55-43-46(50)42-49)44-54-41-39-37-35-33-31-29-27-25-22-20-18-16-14-12-10-8-6-4-2/h11,13,17,19,23-24,46-47,49-50H,3-10,12,14-16,18,20-22,25-45H2,1-2H3,(H,52,53)/b13-11-,19-17-,24-23-. The first-order valence-electron chi connectivity index (χ1n) is 24.0. The van der Waals surface area contributed by atoms with Gasteiger partial charge in [0, 0.05) is 13.0 Å². The van der Waals surface area contributed by atoms with E-state index in [1.165, 1.54) is 141 Å². The fourth-order valence-electron chi connectivity index (χ4n) is 6.66. The lowest BCUT2D eigenvalue weighted by molar-refractivity contribution is -0.154. The molecule has 0 spiro atoms. The zero-order valence-corrected chi connectivity index (χ0v) is 38.4. The molecule has 0 aromatic rings. The van der Waals surface area contributed by atoms with Crippen LogP contribution in [0.25, 0.3) is 0 Å². The third-order valence-electron chi connectivity index (χ3n) is 10.3. The Morgan fingerprint density at radius 1 is 0.534 bits per heavy atom. The van der Waals surface area contributed by atoms with Crippen LogP contribution in [0.1, 0.15) is 219 Å². The number of ether oxygens (including phenoxy) is 2. The quantitative estimate of drug-likeness (QED) is 0.0237. The molecule has 3 N–H and O–H groups in total. The van der Waals surface area contributed by atoms with Crippen LogP contribution >= 0.6 is 7.82 Å². The minimum absolute atomic E-state index is 0.0469. The molecule has 0 amide bonds. The number of phosphoric acid groups is 1. The predicted molar refractivity (Wildman–Crippen MR) is 242 cm³/mol. The Morgan fingerprint density at radius 3 is 1.43 bits per heavy atom. The Bertz CT molecular complexity index is 1000. The van der Waals surface area contributed by atoms with E-state index in [0.29, 0.717) is 13.0 Å². The molecule has 58 heavy (non-hydrogen) atoms. The summed E-state index contributed by atoms with van der Waals surface area (Å²) in [5.41, 5.74) is 0. The van der Waals surface area contributed by atoms with Gasteiger partial charge in [-0.15, -0.1) is 0 Å². The van der Waals surface area contributed by atoms with Crippen LogP contribution in [-0.2, 0) is 27.9 Å². The Kier molecular flexibility index (Phi) is 44.2. The maximum atomic E-state index is 12.7. The Labute approximate surface area is 356 Å². The molecule has 0 aromatic heterocycles. The topological polar surface area (TPSA) is 132 Å². The number of aliphatic hydroxyl groups is 2. The van der Waals surface area contributed by atoms with Gasteiger partial charge >= 0.3 is 13.8 Å². The summed E-state index contributed by atoms with van der Waals surface area (Å²) < 4.78 is 33.5. The molecule has 3 atom stereocenters. The van der Waals surface area contributed by atoms with Crippen molar-refractivity contribution in [3.05, 3.63) is 36.5 Å². The van der Waals surface area contributed by atoms with Crippen LogP contribution in [0, 0.1) is 0 Å². The van der Waals surface area contributed by atoms with Crippen LogP contribution in [0.4, 0.5) is 0 Å². The van der Waals surface area contributed by atoms with Crippen LogP contribution in [0.5, 0.6) is 0 Å². The molecule has 342 valence electrons. The van der Waals surface area contributed by atoms with Gasteiger partial charge in [-0.3, -0.25) is 13.8 Å². The number of esters is 1. The van der Waals surface area contributed by atoms with Crippen LogP contribution in [0.2, 0.25) is 0 Å². The van der Waals surface area contributed by atoms with E-state index in [4.69, 9.17) is 23.6 Å². The number of hydrogen-bond acceptors (Lipinski definition) is 8. The third-order valence-corrected chi connectivity index (χ3v) is 11.3. The molecule has 0 rings (SSSR count). The van der Waals surface area contributed by atoms with Crippen LogP contribution in [0.3, 0.4) is 0 Å². The van der Waals surface area contributed by atoms with Gasteiger partial charge < -0.3 is 24.6 Å². The molecular formula is C48H91O9P. The average Bonchev–Trinajstić information content (AvgIpc) is 3.21. The molecule has 0 fully saturated rings. The van der Waals surface area contributed by atoms with Gasteiger partial charge in [0.1, 0.15) is 12.2 Å². The molecule has 0 radical (unpaired) electrons. The zero-order valence-electron chi connectivity index (χ0n) is 37.5. The number of rotatable bonds is 46. The van der Waals surface area contributed by atoms with Gasteiger partial charge in [-0.1, -0.05) is 198 Å². The lowest BCUT2D eigenvalue weighted by atomic mass is 10.0. The first-order valence-corrected chi connectivity index (χ1v) is 25.5. The summed E-state index contributed by atoms with van der Waals surface area (Å²) in [4.78, 5) is 22.6. The third kappa shape index (κ3) is 44.2. The highest BCUT2D eigenvalue weighted by Gasteiger charge is 2.26. The van der Waals surface area contributed by atoms with Gasteiger partial charge in [0.2, 0.25) is 0 Å². The molecule has 0 aliphatic heterocycles. The fourth-order valence-corrected chi connectivity index (χ4v) is 7.45. The maximum Gasteiger partial charge on any atom is 0.472 e. The molecule has 9 nitrogen and oxygen atoms in total. The molecular weight excluding hydrogens is 751 g/mol. The Hall–Kier alpha value is -1.32. The van der Waals surface area contributed by atoms with E-state index in [0.717, 1.165) is 51.4 Å². The number of carbonyl (C=O) groups is 1. The molecule has 0 saturated heterocycles. The van der Waals surface area contributed by atoms with Crippen molar-refractivity contribution in [2.75, 3.05) is 33.0 Å². The second-order valence-electron chi connectivity index (χ2n) is 16.1. The summed E-state index contributed by atoms with van der Waals surface area (Å²) in [6.45, 7) is 3.51. The number of allylic oxidation sites excluding steroid dienone is 6. The van der Waals surface area contributed by atoms with Gasteiger partial charge in [0.15, 0.2) is 0 Å². The Balaban J connectivity index is 4.13. The van der Waals surface area contributed by atoms with Crippen LogP contribution < -0.4 is 0 Å². The smallest absolute Gasteiger partial charge is 0.457 e. The van der Waals surface area contributed by atoms with Crippen molar-refractivity contribution in [1.82, 2.24) is 0 Å². The number of carbonyl (C=O) groups excluding carboxylic acids is 1. The van der Waals surface area contributed by atoms with Gasteiger partial charge in [0.25, 0.3) is 0 Å². The van der Waals surface area contributed by atoms with E-state index in [1.54, 1.807) is 0 Å². The van der Waals surface area contributed by atoms with Crippen molar-refractivity contribution in [1.29, 1.82) is 0 Å². The first kappa shape index (κ1) is 56.7. The van der Waals surface area contributed by atoms with E-state index >= 15 is 0 Å². The predicted octanol–water partition coefficient (Wildman–Crippen LogP) is 13.6. The van der Waals surface area contributed by atoms with E-state index in [2.05, 4.69) is 50.3 Å². The highest BCUT2D eigenvalue weighted by atomic mass is 31.2.